The largest absolute Gasteiger partial charge is 0.497 e. The summed E-state index contributed by atoms with van der Waals surface area (Å²) in [6.07, 6.45) is 0. The first-order valence-corrected chi connectivity index (χ1v) is 10.5. The Bertz CT molecular complexity index is 1110. The minimum absolute atomic E-state index is 0.00507. The highest BCUT2D eigenvalue weighted by molar-refractivity contribution is 7.93. The van der Waals surface area contributed by atoms with Gasteiger partial charge in [0.05, 0.1) is 12.0 Å². The molecule has 1 amide bonds. The van der Waals surface area contributed by atoms with Crippen LogP contribution in [0.4, 0.5) is 13.9 Å². The van der Waals surface area contributed by atoms with Gasteiger partial charge in [-0.2, -0.15) is 0 Å². The number of thiazole rings is 1. The van der Waals surface area contributed by atoms with Crippen molar-refractivity contribution in [3.8, 4) is 5.75 Å². The summed E-state index contributed by atoms with van der Waals surface area (Å²) in [5.41, 5.74) is -0.365. The molecule has 11 heteroatoms. The SMILES string of the molecule is COc1ccc(S(=O)(=O)Nc2nc(C(=O)NCc3c(F)cccc3F)cs2)cc1. The Morgan fingerprint density at radius 3 is 2.41 bits per heavy atom. The van der Waals surface area contributed by atoms with Crippen LogP contribution in [0.15, 0.2) is 52.7 Å². The van der Waals surface area contributed by atoms with Gasteiger partial charge in [-0.15, -0.1) is 11.3 Å². The summed E-state index contributed by atoms with van der Waals surface area (Å²) in [5, 5.41) is 3.66. The number of hydrogen-bond donors (Lipinski definition) is 2. The molecule has 0 spiro atoms. The molecule has 29 heavy (non-hydrogen) atoms. The summed E-state index contributed by atoms with van der Waals surface area (Å²) >= 11 is 0.900. The maximum Gasteiger partial charge on any atom is 0.271 e. The summed E-state index contributed by atoms with van der Waals surface area (Å²) in [6, 6.07) is 9.11. The van der Waals surface area contributed by atoms with Crippen molar-refractivity contribution >= 4 is 32.4 Å². The predicted octanol–water partition coefficient (Wildman–Crippen LogP) is 3.16. The van der Waals surface area contributed by atoms with Crippen LogP contribution in [-0.4, -0.2) is 26.4 Å². The number of hydrogen-bond acceptors (Lipinski definition) is 6. The standard InChI is InChI=1S/C18H15F2N3O4S2/c1-27-11-5-7-12(8-6-11)29(25,26)23-18-22-16(10-28-18)17(24)21-9-13-14(19)3-2-4-15(13)20/h2-8,10H,9H2,1H3,(H,21,24)(H,22,23). The zero-order valence-electron chi connectivity index (χ0n) is 15.0. The van der Waals surface area contributed by atoms with Crippen LogP contribution >= 0.6 is 11.3 Å². The zero-order valence-corrected chi connectivity index (χ0v) is 16.6. The molecule has 0 unspecified atom stereocenters. The van der Waals surface area contributed by atoms with Crippen molar-refractivity contribution in [3.05, 3.63) is 70.7 Å². The van der Waals surface area contributed by atoms with Gasteiger partial charge in [0.15, 0.2) is 5.13 Å². The van der Waals surface area contributed by atoms with Crippen molar-refractivity contribution in [2.75, 3.05) is 11.8 Å². The maximum absolute atomic E-state index is 13.6. The van der Waals surface area contributed by atoms with Crippen LogP contribution in [0.2, 0.25) is 0 Å². The van der Waals surface area contributed by atoms with Crippen molar-refractivity contribution in [1.82, 2.24) is 10.3 Å². The Labute approximate surface area is 169 Å². The predicted molar refractivity (Wildman–Crippen MR) is 103 cm³/mol. The van der Waals surface area contributed by atoms with Gasteiger partial charge in [0.25, 0.3) is 15.9 Å². The van der Waals surface area contributed by atoms with E-state index in [-0.39, 0.29) is 27.8 Å². The van der Waals surface area contributed by atoms with Gasteiger partial charge in [0.1, 0.15) is 23.1 Å². The first-order valence-electron chi connectivity index (χ1n) is 8.13. The second-order valence-electron chi connectivity index (χ2n) is 5.70. The van der Waals surface area contributed by atoms with Crippen molar-refractivity contribution < 1.29 is 26.7 Å². The van der Waals surface area contributed by atoms with Gasteiger partial charge in [-0.25, -0.2) is 22.2 Å². The second-order valence-corrected chi connectivity index (χ2v) is 8.24. The van der Waals surface area contributed by atoms with Crippen LogP contribution in [0.5, 0.6) is 5.75 Å². The lowest BCUT2D eigenvalue weighted by Crippen LogP contribution is -2.24. The average molecular weight is 439 g/mol. The first kappa shape index (κ1) is 20.7. The highest BCUT2D eigenvalue weighted by Gasteiger charge is 2.18. The Balaban J connectivity index is 1.67. The Morgan fingerprint density at radius 1 is 1.14 bits per heavy atom. The number of halogens is 2. The van der Waals surface area contributed by atoms with Crippen molar-refractivity contribution in [3.63, 3.8) is 0 Å². The fourth-order valence-electron chi connectivity index (χ4n) is 2.31. The van der Waals surface area contributed by atoms with Crippen LogP contribution < -0.4 is 14.8 Å². The van der Waals surface area contributed by atoms with E-state index in [0.29, 0.717) is 5.75 Å². The van der Waals surface area contributed by atoms with E-state index in [1.165, 1.54) is 42.8 Å². The van der Waals surface area contributed by atoms with Crippen molar-refractivity contribution in [1.29, 1.82) is 0 Å². The molecule has 2 N–H and O–H groups in total. The summed E-state index contributed by atoms with van der Waals surface area (Å²) < 4.78 is 59.3. The molecule has 152 valence electrons. The summed E-state index contributed by atoms with van der Waals surface area (Å²) in [5.74, 6) is -1.75. The minimum atomic E-state index is -3.91. The molecule has 3 aromatic rings. The van der Waals surface area contributed by atoms with E-state index >= 15 is 0 Å². The van der Waals surface area contributed by atoms with Crippen LogP contribution in [0.3, 0.4) is 0 Å². The van der Waals surface area contributed by atoms with Gasteiger partial charge >= 0.3 is 0 Å². The number of methoxy groups -OCH3 is 1. The lowest BCUT2D eigenvalue weighted by Gasteiger charge is -2.07. The van der Waals surface area contributed by atoms with E-state index in [9.17, 15) is 22.0 Å². The maximum atomic E-state index is 13.6. The van der Waals surface area contributed by atoms with E-state index in [1.807, 2.05) is 0 Å². The molecule has 7 nitrogen and oxygen atoms in total. The number of nitrogens with one attached hydrogen (secondary N) is 2. The van der Waals surface area contributed by atoms with E-state index in [2.05, 4.69) is 15.0 Å². The number of carbonyl (C=O) groups is 1. The molecule has 0 fully saturated rings. The van der Waals surface area contributed by atoms with Crippen LogP contribution in [0.25, 0.3) is 0 Å². The molecule has 0 radical (unpaired) electrons. The summed E-state index contributed by atoms with van der Waals surface area (Å²) in [4.78, 5) is 16.1. The second kappa shape index (κ2) is 8.53. The Hall–Kier alpha value is -3.05. The molecule has 0 aliphatic carbocycles. The topological polar surface area (TPSA) is 97.4 Å². The third kappa shape index (κ3) is 4.87. The number of anilines is 1. The fourth-order valence-corrected chi connectivity index (χ4v) is 4.26. The molecule has 0 aliphatic heterocycles. The average Bonchev–Trinajstić information content (AvgIpc) is 3.15. The molecule has 0 saturated heterocycles. The summed E-state index contributed by atoms with van der Waals surface area (Å²) in [7, 11) is -2.44. The van der Waals surface area contributed by atoms with Gasteiger partial charge in [0, 0.05) is 17.5 Å². The summed E-state index contributed by atoms with van der Waals surface area (Å²) in [6.45, 7) is -0.373. The van der Waals surface area contributed by atoms with E-state index < -0.39 is 27.6 Å². The highest BCUT2D eigenvalue weighted by atomic mass is 32.2. The van der Waals surface area contributed by atoms with Crippen LogP contribution in [0.1, 0.15) is 16.1 Å². The lowest BCUT2D eigenvalue weighted by atomic mass is 10.2. The van der Waals surface area contributed by atoms with Crippen LogP contribution in [-0.2, 0) is 16.6 Å². The van der Waals surface area contributed by atoms with Gasteiger partial charge in [0.2, 0.25) is 0 Å². The minimum Gasteiger partial charge on any atom is -0.497 e. The first-order chi connectivity index (χ1) is 13.8. The van der Waals surface area contributed by atoms with Gasteiger partial charge in [-0.1, -0.05) is 6.07 Å². The number of carbonyl (C=O) groups excluding carboxylic acids is 1. The Morgan fingerprint density at radius 2 is 1.79 bits per heavy atom. The normalized spacial score (nSPS) is 11.1. The molecule has 0 aliphatic rings. The molecule has 0 saturated carbocycles. The van der Waals surface area contributed by atoms with Gasteiger partial charge in [-0.05, 0) is 36.4 Å². The molecule has 1 heterocycles. The number of sulfonamides is 1. The fraction of sp³-hybridized carbons (Fsp3) is 0.111. The highest BCUT2D eigenvalue weighted by Crippen LogP contribution is 2.22. The molecule has 3 rings (SSSR count). The molecular formula is C18H15F2N3O4S2. The van der Waals surface area contributed by atoms with Crippen LogP contribution in [0, 0.1) is 11.6 Å². The van der Waals surface area contributed by atoms with E-state index in [1.54, 1.807) is 0 Å². The van der Waals surface area contributed by atoms with Gasteiger partial charge in [-0.3, -0.25) is 9.52 Å². The smallest absolute Gasteiger partial charge is 0.271 e. The van der Waals surface area contributed by atoms with Gasteiger partial charge < -0.3 is 10.1 Å². The number of rotatable bonds is 7. The van der Waals surface area contributed by atoms with E-state index in [4.69, 9.17) is 4.74 Å². The molecule has 1 aromatic heterocycles. The van der Waals surface area contributed by atoms with E-state index in [0.717, 1.165) is 23.5 Å². The molecular weight excluding hydrogens is 424 g/mol. The number of benzene rings is 2. The molecule has 0 bridgehead atoms. The third-order valence-corrected chi connectivity index (χ3v) is 6.06. The number of amides is 1. The Kier molecular flexibility index (Phi) is 6.09. The number of ether oxygens (including phenoxy) is 1. The molecule has 0 atom stereocenters. The number of nitrogens with zero attached hydrogens (tertiary/aromatic N) is 1. The quantitative estimate of drug-likeness (QED) is 0.589. The van der Waals surface area contributed by atoms with Crippen molar-refractivity contribution in [2.24, 2.45) is 0 Å². The lowest BCUT2D eigenvalue weighted by molar-refractivity contribution is 0.0946. The third-order valence-electron chi connectivity index (χ3n) is 3.82. The zero-order chi connectivity index (χ0) is 21.0. The number of aromatic nitrogens is 1. The monoisotopic (exact) mass is 439 g/mol. The van der Waals surface area contributed by atoms with Crippen molar-refractivity contribution in [2.45, 2.75) is 11.4 Å². The molecule has 2 aromatic carbocycles.